The fourth-order valence-corrected chi connectivity index (χ4v) is 1.67. The molecule has 0 saturated heterocycles. The van der Waals surface area contributed by atoms with Gasteiger partial charge in [0.05, 0.1) is 0 Å². The van der Waals surface area contributed by atoms with Crippen molar-refractivity contribution in [2.24, 2.45) is 0 Å². The fraction of sp³-hybridized carbons (Fsp3) is 0.684. The Hall–Kier alpha value is -0.860. The lowest BCUT2D eigenvalue weighted by atomic mass is 10.0. The molecule has 21 heavy (non-hydrogen) atoms. The van der Waals surface area contributed by atoms with Gasteiger partial charge in [0.1, 0.15) is 0 Å². The number of hydrogen-bond acceptors (Lipinski definition) is 2. The van der Waals surface area contributed by atoms with E-state index in [-0.39, 0.29) is 6.29 Å². The molecule has 0 radical (unpaired) electrons. The molecule has 1 unspecified atom stereocenters. The topological polar surface area (TPSA) is 18.5 Å². The van der Waals surface area contributed by atoms with E-state index in [1.165, 1.54) is 16.7 Å². The molecule has 1 rings (SSSR count). The summed E-state index contributed by atoms with van der Waals surface area (Å²) in [5, 5.41) is 0. The molecule has 1 aromatic rings. The molecular formula is C19H38O2. The van der Waals surface area contributed by atoms with E-state index in [1.807, 2.05) is 48.5 Å². The summed E-state index contributed by atoms with van der Waals surface area (Å²) >= 11 is 0. The van der Waals surface area contributed by atoms with Crippen molar-refractivity contribution in [1.29, 1.82) is 0 Å². The Labute approximate surface area is 133 Å². The Morgan fingerprint density at radius 1 is 0.810 bits per heavy atom. The minimum atomic E-state index is -0.241. The van der Waals surface area contributed by atoms with Crippen LogP contribution < -0.4 is 0 Å². The van der Waals surface area contributed by atoms with Gasteiger partial charge in [-0.1, -0.05) is 53.7 Å². The van der Waals surface area contributed by atoms with Crippen LogP contribution >= 0.6 is 0 Å². The number of rotatable bonds is 4. The van der Waals surface area contributed by atoms with Gasteiger partial charge >= 0.3 is 0 Å². The highest BCUT2D eigenvalue weighted by atomic mass is 16.7. The number of hydrogen-bond donors (Lipinski definition) is 0. The van der Waals surface area contributed by atoms with Gasteiger partial charge in [0.2, 0.25) is 0 Å². The molecule has 0 aliphatic carbocycles. The zero-order valence-corrected chi connectivity index (χ0v) is 16.3. The van der Waals surface area contributed by atoms with E-state index in [0.717, 1.165) is 5.56 Å². The standard InChI is InChI=1S/C13H20O2.3C2H6/c1-6-15-13(14-5)12-8-10(3)9(2)7-11(12)4;3*1-2/h7-8,13H,6H2,1-5H3;3*1-2H3. The Bertz CT molecular complexity index is 333. The number of aryl methyl sites for hydroxylation is 3. The van der Waals surface area contributed by atoms with Gasteiger partial charge in [-0.2, -0.15) is 0 Å². The molecular weight excluding hydrogens is 260 g/mol. The van der Waals surface area contributed by atoms with Crippen LogP contribution in [0.2, 0.25) is 0 Å². The van der Waals surface area contributed by atoms with Crippen molar-refractivity contribution < 1.29 is 9.47 Å². The SMILES string of the molecule is CC.CC.CC.CCOC(OC)c1cc(C)c(C)cc1C. The van der Waals surface area contributed by atoms with Crippen LogP contribution in [0.3, 0.4) is 0 Å². The number of ether oxygens (including phenoxy) is 2. The predicted octanol–water partition coefficient (Wildman–Crippen LogP) is 6.37. The molecule has 0 N–H and O–H groups in total. The van der Waals surface area contributed by atoms with Crippen molar-refractivity contribution >= 4 is 0 Å². The molecule has 2 nitrogen and oxygen atoms in total. The fourth-order valence-electron chi connectivity index (χ4n) is 1.67. The maximum absolute atomic E-state index is 5.53. The van der Waals surface area contributed by atoms with E-state index < -0.39 is 0 Å². The molecule has 126 valence electrons. The minimum absolute atomic E-state index is 0.241. The highest BCUT2D eigenvalue weighted by Crippen LogP contribution is 2.24. The Balaban J connectivity index is -0.000000478. The normalized spacial score (nSPS) is 10.0. The van der Waals surface area contributed by atoms with Gasteiger partial charge in [0.15, 0.2) is 6.29 Å². The second kappa shape index (κ2) is 17.2. The second-order valence-electron chi connectivity index (χ2n) is 3.82. The average molecular weight is 299 g/mol. The maximum Gasteiger partial charge on any atom is 0.183 e. The van der Waals surface area contributed by atoms with Crippen LogP contribution in [0, 0.1) is 20.8 Å². The summed E-state index contributed by atoms with van der Waals surface area (Å²) in [5.74, 6) is 0. The summed E-state index contributed by atoms with van der Waals surface area (Å²) in [5.41, 5.74) is 4.93. The maximum atomic E-state index is 5.53. The molecule has 0 aliphatic heterocycles. The summed E-state index contributed by atoms with van der Waals surface area (Å²) in [6.45, 7) is 21.0. The summed E-state index contributed by atoms with van der Waals surface area (Å²) in [7, 11) is 1.68. The molecule has 0 aliphatic rings. The van der Waals surface area contributed by atoms with E-state index in [0.29, 0.717) is 6.61 Å². The van der Waals surface area contributed by atoms with Crippen LogP contribution in [0.1, 0.15) is 77.0 Å². The molecule has 0 bridgehead atoms. The lowest BCUT2D eigenvalue weighted by Crippen LogP contribution is -2.08. The third kappa shape index (κ3) is 9.65. The van der Waals surface area contributed by atoms with Crippen molar-refractivity contribution in [2.45, 2.75) is 75.5 Å². The molecule has 1 aromatic carbocycles. The third-order valence-corrected chi connectivity index (χ3v) is 2.67. The molecule has 0 amide bonds. The third-order valence-electron chi connectivity index (χ3n) is 2.67. The van der Waals surface area contributed by atoms with Gasteiger partial charge in [-0.3, -0.25) is 0 Å². The highest BCUT2D eigenvalue weighted by Gasteiger charge is 2.13. The smallest absolute Gasteiger partial charge is 0.183 e. The predicted molar refractivity (Wildman–Crippen MR) is 96.1 cm³/mol. The lowest BCUT2D eigenvalue weighted by molar-refractivity contribution is -0.124. The lowest BCUT2D eigenvalue weighted by Gasteiger charge is -2.19. The Kier molecular flexibility index (Phi) is 20.6. The number of benzene rings is 1. The molecule has 0 saturated carbocycles. The first kappa shape index (κ1) is 25.1. The molecule has 2 heteroatoms. The van der Waals surface area contributed by atoms with E-state index in [1.54, 1.807) is 7.11 Å². The molecule has 1 atom stereocenters. The molecule has 0 heterocycles. The van der Waals surface area contributed by atoms with Crippen molar-refractivity contribution in [1.82, 2.24) is 0 Å². The second-order valence-corrected chi connectivity index (χ2v) is 3.82. The largest absolute Gasteiger partial charge is 0.352 e. The zero-order chi connectivity index (χ0) is 17.4. The van der Waals surface area contributed by atoms with Crippen LogP contribution in [-0.2, 0) is 9.47 Å². The van der Waals surface area contributed by atoms with Gasteiger partial charge in [-0.05, 0) is 44.4 Å². The zero-order valence-electron chi connectivity index (χ0n) is 16.3. The van der Waals surface area contributed by atoms with Crippen molar-refractivity contribution in [3.05, 3.63) is 34.4 Å². The van der Waals surface area contributed by atoms with Crippen LogP contribution in [0.25, 0.3) is 0 Å². The first-order valence-corrected chi connectivity index (χ1v) is 8.32. The first-order valence-electron chi connectivity index (χ1n) is 8.32. The van der Waals surface area contributed by atoms with Crippen LogP contribution in [0.4, 0.5) is 0 Å². The van der Waals surface area contributed by atoms with Gasteiger partial charge in [0.25, 0.3) is 0 Å². The highest BCUT2D eigenvalue weighted by molar-refractivity contribution is 5.37. The summed E-state index contributed by atoms with van der Waals surface area (Å²) < 4.78 is 10.9. The van der Waals surface area contributed by atoms with Crippen LogP contribution in [0.15, 0.2) is 12.1 Å². The van der Waals surface area contributed by atoms with Crippen LogP contribution in [0.5, 0.6) is 0 Å². The van der Waals surface area contributed by atoms with Gasteiger partial charge in [0, 0.05) is 19.3 Å². The number of methoxy groups -OCH3 is 1. The summed E-state index contributed by atoms with van der Waals surface area (Å²) in [6, 6.07) is 4.32. The van der Waals surface area contributed by atoms with E-state index in [4.69, 9.17) is 9.47 Å². The van der Waals surface area contributed by atoms with Crippen molar-refractivity contribution in [3.63, 3.8) is 0 Å². The Morgan fingerprint density at radius 3 is 1.62 bits per heavy atom. The summed E-state index contributed by atoms with van der Waals surface area (Å²) in [4.78, 5) is 0. The average Bonchev–Trinajstić information content (AvgIpc) is 2.55. The molecule has 0 fully saturated rings. The Morgan fingerprint density at radius 2 is 1.24 bits per heavy atom. The van der Waals surface area contributed by atoms with Crippen LogP contribution in [-0.4, -0.2) is 13.7 Å². The van der Waals surface area contributed by atoms with E-state index in [2.05, 4.69) is 32.9 Å². The van der Waals surface area contributed by atoms with Crippen molar-refractivity contribution in [3.8, 4) is 0 Å². The van der Waals surface area contributed by atoms with Gasteiger partial charge < -0.3 is 9.47 Å². The molecule has 0 aromatic heterocycles. The minimum Gasteiger partial charge on any atom is -0.352 e. The van der Waals surface area contributed by atoms with E-state index in [9.17, 15) is 0 Å². The molecule has 0 spiro atoms. The monoisotopic (exact) mass is 298 g/mol. The van der Waals surface area contributed by atoms with Gasteiger partial charge in [-0.15, -0.1) is 0 Å². The summed E-state index contributed by atoms with van der Waals surface area (Å²) in [6.07, 6.45) is -0.241. The first-order chi connectivity index (χ1) is 10.1. The van der Waals surface area contributed by atoms with Crippen molar-refractivity contribution in [2.75, 3.05) is 13.7 Å². The van der Waals surface area contributed by atoms with E-state index >= 15 is 0 Å². The quantitative estimate of drug-likeness (QED) is 0.601. The van der Waals surface area contributed by atoms with Gasteiger partial charge in [-0.25, -0.2) is 0 Å².